The van der Waals surface area contributed by atoms with Crippen molar-refractivity contribution in [1.82, 2.24) is 0 Å². The monoisotopic (exact) mass is 233 g/mol. The van der Waals surface area contributed by atoms with Gasteiger partial charge in [0.2, 0.25) is 0 Å². The van der Waals surface area contributed by atoms with Crippen molar-refractivity contribution < 1.29 is 10.0 Å². The standard InChI is InChI=1S/C12H15N3O2/c1-8-4-6-11(7-5-8)14-13-9(2)12(15-17)10(3)16/h4-7,14,17H,1-3H3/b13-9+,15-12+. The second kappa shape index (κ2) is 5.79. The molecule has 0 unspecified atom stereocenters. The molecule has 0 radical (unpaired) electrons. The SMILES string of the molecule is CC(=O)C(=N/O)/C(C)=N/Nc1ccc(C)cc1. The molecule has 0 spiro atoms. The molecular weight excluding hydrogens is 218 g/mol. The molecule has 1 aromatic rings. The van der Waals surface area contributed by atoms with Gasteiger partial charge >= 0.3 is 0 Å². The highest BCUT2D eigenvalue weighted by molar-refractivity contribution is 6.66. The van der Waals surface area contributed by atoms with Crippen LogP contribution in [0.25, 0.3) is 0 Å². The molecular formula is C12H15N3O2. The van der Waals surface area contributed by atoms with Crippen LogP contribution in [-0.4, -0.2) is 22.4 Å². The van der Waals surface area contributed by atoms with Crippen LogP contribution in [0.1, 0.15) is 19.4 Å². The fourth-order valence-electron chi connectivity index (χ4n) is 1.23. The first-order valence-corrected chi connectivity index (χ1v) is 5.15. The molecule has 2 N–H and O–H groups in total. The van der Waals surface area contributed by atoms with Crippen LogP contribution in [0.15, 0.2) is 34.5 Å². The predicted octanol–water partition coefficient (Wildman–Crippen LogP) is 2.20. The molecule has 1 aromatic carbocycles. The van der Waals surface area contributed by atoms with Crippen molar-refractivity contribution in [3.63, 3.8) is 0 Å². The minimum Gasteiger partial charge on any atom is -0.410 e. The lowest BCUT2D eigenvalue weighted by atomic mass is 10.2. The molecule has 0 aliphatic rings. The summed E-state index contributed by atoms with van der Waals surface area (Å²) >= 11 is 0. The zero-order valence-electron chi connectivity index (χ0n) is 10.1. The van der Waals surface area contributed by atoms with Crippen molar-refractivity contribution in [2.75, 3.05) is 5.43 Å². The molecule has 5 heteroatoms. The van der Waals surface area contributed by atoms with Gasteiger partial charge in [-0.2, -0.15) is 5.10 Å². The molecule has 0 saturated carbocycles. The number of carbonyl (C=O) groups is 1. The van der Waals surface area contributed by atoms with Crippen LogP contribution in [0.3, 0.4) is 0 Å². The van der Waals surface area contributed by atoms with Gasteiger partial charge in [-0.15, -0.1) is 0 Å². The second-order valence-corrected chi connectivity index (χ2v) is 3.68. The molecule has 17 heavy (non-hydrogen) atoms. The Morgan fingerprint density at radius 3 is 2.29 bits per heavy atom. The quantitative estimate of drug-likeness (QED) is 0.475. The van der Waals surface area contributed by atoms with E-state index in [1.54, 1.807) is 6.92 Å². The number of anilines is 1. The molecule has 0 aliphatic heterocycles. The van der Waals surface area contributed by atoms with Crippen LogP contribution in [0, 0.1) is 6.92 Å². The average molecular weight is 233 g/mol. The molecule has 90 valence electrons. The molecule has 1 rings (SSSR count). The van der Waals surface area contributed by atoms with Crippen LogP contribution in [0.4, 0.5) is 5.69 Å². The Kier molecular flexibility index (Phi) is 4.39. The highest BCUT2D eigenvalue weighted by Crippen LogP contribution is 2.08. The van der Waals surface area contributed by atoms with E-state index in [4.69, 9.17) is 5.21 Å². The molecule has 0 aromatic heterocycles. The number of benzene rings is 1. The number of hydrogen-bond acceptors (Lipinski definition) is 5. The van der Waals surface area contributed by atoms with Gasteiger partial charge in [-0.25, -0.2) is 0 Å². The minimum absolute atomic E-state index is 0.0513. The van der Waals surface area contributed by atoms with Crippen LogP contribution in [0.2, 0.25) is 0 Å². The number of nitrogens with zero attached hydrogens (tertiary/aromatic N) is 2. The number of Topliss-reactive ketones (excluding diaryl/α,β-unsaturated/α-hetero) is 1. The van der Waals surface area contributed by atoms with Crippen LogP contribution in [0.5, 0.6) is 0 Å². The Labute approximate surface area is 99.8 Å². The summed E-state index contributed by atoms with van der Waals surface area (Å²) in [6.07, 6.45) is 0. The second-order valence-electron chi connectivity index (χ2n) is 3.68. The van der Waals surface area contributed by atoms with E-state index >= 15 is 0 Å². The topological polar surface area (TPSA) is 74.0 Å². The third-order valence-electron chi connectivity index (χ3n) is 2.18. The molecule has 0 atom stereocenters. The Bertz CT molecular complexity index is 461. The van der Waals surface area contributed by atoms with Gasteiger partial charge in [-0.1, -0.05) is 22.9 Å². The first-order chi connectivity index (χ1) is 8.04. The van der Waals surface area contributed by atoms with Crippen molar-refractivity contribution in [3.05, 3.63) is 29.8 Å². The van der Waals surface area contributed by atoms with Crippen LogP contribution >= 0.6 is 0 Å². The summed E-state index contributed by atoms with van der Waals surface area (Å²) in [5.74, 6) is -0.334. The number of oxime groups is 1. The lowest BCUT2D eigenvalue weighted by Gasteiger charge is -2.03. The fraction of sp³-hybridized carbons (Fsp3) is 0.250. The van der Waals surface area contributed by atoms with E-state index in [1.165, 1.54) is 6.92 Å². The summed E-state index contributed by atoms with van der Waals surface area (Å²) in [7, 11) is 0. The van der Waals surface area contributed by atoms with E-state index in [0.717, 1.165) is 11.3 Å². The lowest BCUT2D eigenvalue weighted by molar-refractivity contribution is -0.111. The number of hydrazone groups is 1. The van der Waals surface area contributed by atoms with E-state index in [1.807, 2.05) is 31.2 Å². The van der Waals surface area contributed by atoms with Gasteiger partial charge in [-0.05, 0) is 26.0 Å². The molecule has 0 heterocycles. The maximum Gasteiger partial charge on any atom is 0.183 e. The Balaban J connectivity index is 2.77. The normalized spacial score (nSPS) is 12.4. The molecule has 0 fully saturated rings. The number of rotatable bonds is 4. The number of nitrogens with one attached hydrogen (secondary N) is 1. The fourth-order valence-corrected chi connectivity index (χ4v) is 1.23. The summed E-state index contributed by atoms with van der Waals surface area (Å²) < 4.78 is 0. The minimum atomic E-state index is -0.334. The van der Waals surface area contributed by atoms with Crippen molar-refractivity contribution in [2.45, 2.75) is 20.8 Å². The Morgan fingerprint density at radius 1 is 1.24 bits per heavy atom. The average Bonchev–Trinajstić information content (AvgIpc) is 2.28. The van der Waals surface area contributed by atoms with Gasteiger partial charge in [0.25, 0.3) is 0 Å². The van der Waals surface area contributed by atoms with Crippen molar-refractivity contribution in [3.8, 4) is 0 Å². The largest absolute Gasteiger partial charge is 0.410 e. The van der Waals surface area contributed by atoms with Gasteiger partial charge in [0, 0.05) is 6.92 Å². The number of hydrogen-bond donors (Lipinski definition) is 2. The predicted molar refractivity (Wildman–Crippen MR) is 67.8 cm³/mol. The number of aryl methyl sites for hydroxylation is 1. The zero-order chi connectivity index (χ0) is 12.8. The lowest BCUT2D eigenvalue weighted by Crippen LogP contribution is -2.20. The van der Waals surface area contributed by atoms with Gasteiger partial charge in [-0.3, -0.25) is 10.2 Å². The van der Waals surface area contributed by atoms with E-state index in [0.29, 0.717) is 5.71 Å². The van der Waals surface area contributed by atoms with Crippen molar-refractivity contribution in [2.24, 2.45) is 10.3 Å². The van der Waals surface area contributed by atoms with Crippen molar-refractivity contribution >= 4 is 22.9 Å². The summed E-state index contributed by atoms with van der Waals surface area (Å²) in [6.45, 7) is 4.90. The van der Waals surface area contributed by atoms with E-state index in [9.17, 15) is 4.79 Å². The number of carbonyl (C=O) groups excluding carboxylic acids is 1. The molecule has 0 bridgehead atoms. The first kappa shape index (κ1) is 12.9. The van der Waals surface area contributed by atoms with E-state index in [-0.39, 0.29) is 11.5 Å². The van der Waals surface area contributed by atoms with Crippen molar-refractivity contribution in [1.29, 1.82) is 0 Å². The van der Waals surface area contributed by atoms with Gasteiger partial charge in [0.05, 0.1) is 11.4 Å². The summed E-state index contributed by atoms with van der Waals surface area (Å²) in [4.78, 5) is 11.1. The van der Waals surface area contributed by atoms with E-state index in [2.05, 4.69) is 15.7 Å². The molecule has 0 amide bonds. The summed E-state index contributed by atoms with van der Waals surface area (Å²) in [5, 5.41) is 15.5. The highest BCUT2D eigenvalue weighted by atomic mass is 16.4. The molecule has 0 saturated heterocycles. The number of ketones is 1. The first-order valence-electron chi connectivity index (χ1n) is 5.15. The Hall–Kier alpha value is -2.17. The summed E-state index contributed by atoms with van der Waals surface area (Å²) in [5.41, 5.74) is 5.02. The Morgan fingerprint density at radius 2 is 1.82 bits per heavy atom. The van der Waals surface area contributed by atoms with Crippen LogP contribution < -0.4 is 5.43 Å². The van der Waals surface area contributed by atoms with Gasteiger partial charge < -0.3 is 5.21 Å². The third-order valence-corrected chi connectivity index (χ3v) is 2.18. The summed E-state index contributed by atoms with van der Waals surface area (Å²) in [6, 6.07) is 7.63. The van der Waals surface area contributed by atoms with E-state index < -0.39 is 0 Å². The van der Waals surface area contributed by atoms with Gasteiger partial charge in [0.1, 0.15) is 0 Å². The maximum atomic E-state index is 11.1. The smallest absolute Gasteiger partial charge is 0.183 e. The highest BCUT2D eigenvalue weighted by Gasteiger charge is 2.10. The maximum absolute atomic E-state index is 11.1. The third kappa shape index (κ3) is 3.71. The zero-order valence-corrected chi connectivity index (χ0v) is 10.1. The van der Waals surface area contributed by atoms with Crippen LogP contribution in [-0.2, 0) is 4.79 Å². The molecule has 5 nitrogen and oxygen atoms in total. The van der Waals surface area contributed by atoms with Gasteiger partial charge in [0.15, 0.2) is 11.5 Å². The molecule has 0 aliphatic carbocycles.